The zero-order chi connectivity index (χ0) is 8.43. The lowest BCUT2D eigenvalue weighted by Crippen LogP contribution is -1.92. The molecule has 2 N–H and O–H groups in total. The molecule has 60 valence electrons. The maximum absolute atomic E-state index is 5.89. The molecule has 0 unspecified atom stereocenters. The highest BCUT2D eigenvalue weighted by Crippen LogP contribution is 2.30. The highest BCUT2D eigenvalue weighted by Gasteiger charge is 2.04. The summed E-state index contributed by atoms with van der Waals surface area (Å²) in [5, 5.41) is 0.590. The predicted molar refractivity (Wildman–Crippen MR) is 47.2 cm³/mol. The van der Waals surface area contributed by atoms with Gasteiger partial charge in [0.1, 0.15) is 5.75 Å². The third-order valence-electron chi connectivity index (χ3n) is 1.61. The number of hydrogen-bond donors (Lipinski definition) is 1. The Hall–Kier alpha value is -0.890. The van der Waals surface area contributed by atoms with Crippen LogP contribution in [0, 0.1) is 6.92 Å². The molecule has 0 saturated heterocycles. The normalized spacial score (nSPS) is 9.73. The van der Waals surface area contributed by atoms with Gasteiger partial charge >= 0.3 is 0 Å². The minimum Gasteiger partial charge on any atom is -0.495 e. The topological polar surface area (TPSA) is 35.2 Å². The van der Waals surface area contributed by atoms with Gasteiger partial charge in [-0.2, -0.15) is 0 Å². The molecule has 0 aromatic heterocycles. The minimum atomic E-state index is 0.590. The number of hydrogen-bond acceptors (Lipinski definition) is 2. The summed E-state index contributed by atoms with van der Waals surface area (Å²) in [7, 11) is 1.58. The van der Waals surface area contributed by atoms with Crippen LogP contribution in [0.4, 0.5) is 5.69 Å². The fourth-order valence-electron chi connectivity index (χ4n) is 0.833. The van der Waals surface area contributed by atoms with E-state index in [0.29, 0.717) is 16.5 Å². The Labute approximate surface area is 70.9 Å². The Morgan fingerprint density at radius 1 is 1.45 bits per heavy atom. The van der Waals surface area contributed by atoms with Crippen molar-refractivity contribution >= 4 is 17.3 Å². The van der Waals surface area contributed by atoms with Crippen LogP contribution in [0.1, 0.15) is 5.56 Å². The molecule has 0 heterocycles. The number of halogens is 1. The first-order chi connectivity index (χ1) is 5.16. The standard InChI is InChI=1S/C8H10ClNO/c1-5-6(10)3-4-7(11-2)8(5)9/h3-4H,10H2,1-2H3. The molecule has 0 amide bonds. The second-order valence-corrected chi connectivity index (χ2v) is 2.67. The van der Waals surface area contributed by atoms with Gasteiger partial charge in [0, 0.05) is 5.69 Å². The number of methoxy groups -OCH3 is 1. The Kier molecular flexibility index (Phi) is 2.25. The molecule has 0 aliphatic heterocycles. The molecule has 11 heavy (non-hydrogen) atoms. The second-order valence-electron chi connectivity index (χ2n) is 2.30. The minimum absolute atomic E-state index is 0.590. The summed E-state index contributed by atoms with van der Waals surface area (Å²) in [6.07, 6.45) is 0. The van der Waals surface area contributed by atoms with Crippen molar-refractivity contribution in [2.24, 2.45) is 0 Å². The van der Waals surface area contributed by atoms with E-state index in [9.17, 15) is 0 Å². The molecule has 0 spiro atoms. The lowest BCUT2D eigenvalue weighted by Gasteiger charge is -2.06. The lowest BCUT2D eigenvalue weighted by molar-refractivity contribution is 0.415. The largest absolute Gasteiger partial charge is 0.495 e. The molecule has 0 aliphatic carbocycles. The highest BCUT2D eigenvalue weighted by atomic mass is 35.5. The van der Waals surface area contributed by atoms with Crippen molar-refractivity contribution < 1.29 is 4.74 Å². The van der Waals surface area contributed by atoms with E-state index < -0.39 is 0 Å². The van der Waals surface area contributed by atoms with Crippen molar-refractivity contribution in [2.75, 3.05) is 12.8 Å². The zero-order valence-electron chi connectivity index (χ0n) is 6.52. The molecule has 1 rings (SSSR count). The smallest absolute Gasteiger partial charge is 0.137 e. The molecule has 0 aliphatic rings. The SMILES string of the molecule is COc1ccc(N)c(C)c1Cl. The Morgan fingerprint density at radius 2 is 2.09 bits per heavy atom. The number of benzene rings is 1. The van der Waals surface area contributed by atoms with Gasteiger partial charge in [-0.1, -0.05) is 11.6 Å². The van der Waals surface area contributed by atoms with E-state index >= 15 is 0 Å². The summed E-state index contributed by atoms with van der Waals surface area (Å²) in [6, 6.07) is 3.53. The first-order valence-corrected chi connectivity index (χ1v) is 3.63. The Balaban J connectivity index is 3.25. The molecule has 0 atom stereocenters. The number of rotatable bonds is 1. The summed E-state index contributed by atoms with van der Waals surface area (Å²) >= 11 is 5.89. The van der Waals surface area contributed by atoms with E-state index in [4.69, 9.17) is 22.1 Å². The molecule has 0 saturated carbocycles. The highest BCUT2D eigenvalue weighted by molar-refractivity contribution is 6.33. The van der Waals surface area contributed by atoms with Crippen LogP contribution >= 0.6 is 11.6 Å². The van der Waals surface area contributed by atoms with E-state index in [2.05, 4.69) is 0 Å². The molecular formula is C8H10ClNO. The summed E-state index contributed by atoms with van der Waals surface area (Å²) in [4.78, 5) is 0. The van der Waals surface area contributed by atoms with Crippen molar-refractivity contribution in [3.63, 3.8) is 0 Å². The van der Waals surface area contributed by atoms with Gasteiger partial charge in [-0.3, -0.25) is 0 Å². The monoisotopic (exact) mass is 171 g/mol. The van der Waals surface area contributed by atoms with Crippen molar-refractivity contribution in [1.82, 2.24) is 0 Å². The molecular weight excluding hydrogens is 162 g/mol. The molecule has 1 aromatic carbocycles. The number of nitrogens with two attached hydrogens (primary N) is 1. The van der Waals surface area contributed by atoms with Crippen LogP contribution < -0.4 is 10.5 Å². The summed E-state index contributed by atoms with van der Waals surface area (Å²) in [5.74, 6) is 0.665. The van der Waals surface area contributed by atoms with Crippen LogP contribution in [-0.4, -0.2) is 7.11 Å². The summed E-state index contributed by atoms with van der Waals surface area (Å²) in [6.45, 7) is 1.86. The third-order valence-corrected chi connectivity index (χ3v) is 2.08. The fourth-order valence-corrected chi connectivity index (χ4v) is 1.08. The average molecular weight is 172 g/mol. The molecule has 0 fully saturated rings. The van der Waals surface area contributed by atoms with E-state index in [-0.39, 0.29) is 0 Å². The van der Waals surface area contributed by atoms with Crippen molar-refractivity contribution in [1.29, 1.82) is 0 Å². The Morgan fingerprint density at radius 3 is 2.64 bits per heavy atom. The number of nitrogen functional groups attached to an aromatic ring is 1. The van der Waals surface area contributed by atoms with Gasteiger partial charge < -0.3 is 10.5 Å². The second kappa shape index (κ2) is 3.01. The van der Waals surface area contributed by atoms with Crippen LogP contribution in [0.15, 0.2) is 12.1 Å². The van der Waals surface area contributed by atoms with Gasteiger partial charge in [-0.15, -0.1) is 0 Å². The number of anilines is 1. The van der Waals surface area contributed by atoms with Crippen LogP contribution in [-0.2, 0) is 0 Å². The fraction of sp³-hybridized carbons (Fsp3) is 0.250. The van der Waals surface area contributed by atoms with Crippen LogP contribution in [0.25, 0.3) is 0 Å². The zero-order valence-corrected chi connectivity index (χ0v) is 7.27. The van der Waals surface area contributed by atoms with Crippen molar-refractivity contribution in [2.45, 2.75) is 6.92 Å². The average Bonchev–Trinajstić information content (AvgIpc) is 2.01. The lowest BCUT2D eigenvalue weighted by atomic mass is 10.2. The van der Waals surface area contributed by atoms with Gasteiger partial charge in [-0.05, 0) is 24.6 Å². The predicted octanol–water partition coefficient (Wildman–Crippen LogP) is 2.24. The molecule has 0 bridgehead atoms. The molecule has 0 radical (unpaired) electrons. The van der Waals surface area contributed by atoms with Gasteiger partial charge in [0.15, 0.2) is 0 Å². The van der Waals surface area contributed by atoms with Crippen LogP contribution in [0.5, 0.6) is 5.75 Å². The van der Waals surface area contributed by atoms with Crippen molar-refractivity contribution in [3.05, 3.63) is 22.7 Å². The van der Waals surface area contributed by atoms with E-state index in [1.807, 2.05) is 6.92 Å². The maximum Gasteiger partial charge on any atom is 0.137 e. The number of ether oxygens (including phenoxy) is 1. The van der Waals surface area contributed by atoms with Crippen molar-refractivity contribution in [3.8, 4) is 5.75 Å². The van der Waals surface area contributed by atoms with E-state index in [0.717, 1.165) is 5.56 Å². The third kappa shape index (κ3) is 1.40. The molecule has 2 nitrogen and oxygen atoms in total. The molecule has 3 heteroatoms. The van der Waals surface area contributed by atoms with E-state index in [1.54, 1.807) is 19.2 Å². The first kappa shape index (κ1) is 8.21. The van der Waals surface area contributed by atoms with Crippen LogP contribution in [0.2, 0.25) is 5.02 Å². The van der Waals surface area contributed by atoms with Crippen LogP contribution in [0.3, 0.4) is 0 Å². The van der Waals surface area contributed by atoms with Gasteiger partial charge in [0.2, 0.25) is 0 Å². The maximum atomic E-state index is 5.89. The van der Waals surface area contributed by atoms with Gasteiger partial charge in [0.25, 0.3) is 0 Å². The van der Waals surface area contributed by atoms with Gasteiger partial charge in [0.05, 0.1) is 12.1 Å². The summed E-state index contributed by atoms with van der Waals surface area (Å²) in [5.41, 5.74) is 7.16. The summed E-state index contributed by atoms with van der Waals surface area (Å²) < 4.78 is 4.99. The Bertz CT molecular complexity index is 273. The van der Waals surface area contributed by atoms with Gasteiger partial charge in [-0.25, -0.2) is 0 Å². The first-order valence-electron chi connectivity index (χ1n) is 3.25. The van der Waals surface area contributed by atoms with E-state index in [1.165, 1.54) is 0 Å². The quantitative estimate of drug-likeness (QED) is 0.658. The molecule has 1 aromatic rings.